The van der Waals surface area contributed by atoms with Crippen LogP contribution in [0.1, 0.15) is 84.5 Å². The van der Waals surface area contributed by atoms with Gasteiger partial charge >= 0.3 is 5.97 Å². The van der Waals surface area contributed by atoms with Crippen LogP contribution in [0.2, 0.25) is 0 Å². The summed E-state index contributed by atoms with van der Waals surface area (Å²) in [6.07, 6.45) is 13.3. The lowest BCUT2D eigenvalue weighted by molar-refractivity contribution is -0.147. The maximum atomic E-state index is 11.9. The molecule has 1 aliphatic rings. The van der Waals surface area contributed by atoms with Crippen molar-refractivity contribution in [2.75, 3.05) is 19.7 Å². The van der Waals surface area contributed by atoms with Crippen LogP contribution in [0.15, 0.2) is 13.2 Å². The minimum Gasteiger partial charge on any atom is -0.466 e. The van der Waals surface area contributed by atoms with Crippen LogP contribution in [0.3, 0.4) is 0 Å². The predicted molar refractivity (Wildman–Crippen MR) is 104 cm³/mol. The second kappa shape index (κ2) is 16.2. The van der Waals surface area contributed by atoms with Crippen molar-refractivity contribution >= 4 is 11.9 Å². The highest BCUT2D eigenvalue weighted by atomic mass is 16.5. The molecule has 0 aliphatic carbocycles. The first-order chi connectivity index (χ1) is 12.2. The molecule has 4 heteroatoms. The van der Waals surface area contributed by atoms with E-state index in [0.29, 0.717) is 19.6 Å². The number of amides is 1. The van der Waals surface area contributed by atoms with E-state index in [1.807, 2.05) is 4.90 Å². The highest BCUT2D eigenvalue weighted by Crippen LogP contribution is 2.20. The molecule has 1 heterocycles. The van der Waals surface area contributed by atoms with Gasteiger partial charge in [0, 0.05) is 19.5 Å². The number of hydrogen-bond donors (Lipinski definition) is 0. The Morgan fingerprint density at radius 2 is 1.52 bits per heavy atom. The molecular weight excluding hydrogens is 314 g/mol. The fourth-order valence-corrected chi connectivity index (χ4v) is 3.20. The van der Waals surface area contributed by atoms with Gasteiger partial charge in [-0.1, -0.05) is 64.7 Å². The number of carbonyl (C=O) groups excluding carboxylic acids is 2. The Bertz CT molecular complexity index is 357. The first-order valence-corrected chi connectivity index (χ1v) is 10.1. The maximum absolute atomic E-state index is 11.9. The van der Waals surface area contributed by atoms with Crippen LogP contribution in [0, 0.1) is 5.92 Å². The summed E-state index contributed by atoms with van der Waals surface area (Å²) >= 11 is 0. The van der Waals surface area contributed by atoms with Crippen LogP contribution in [-0.4, -0.2) is 36.5 Å². The second-order valence-corrected chi connectivity index (χ2v) is 6.67. The van der Waals surface area contributed by atoms with Gasteiger partial charge in [0.1, 0.15) is 0 Å². The fraction of sp³-hybridized carbons (Fsp3) is 0.810. The van der Waals surface area contributed by atoms with E-state index in [-0.39, 0.29) is 17.8 Å². The number of likely N-dealkylation sites (tertiary alicyclic amines) is 1. The molecule has 0 saturated carbocycles. The zero-order valence-electron chi connectivity index (χ0n) is 16.6. The van der Waals surface area contributed by atoms with E-state index >= 15 is 0 Å². The van der Waals surface area contributed by atoms with Gasteiger partial charge in [0.25, 0.3) is 0 Å². The first-order valence-electron chi connectivity index (χ1n) is 10.1. The van der Waals surface area contributed by atoms with Gasteiger partial charge in [0.05, 0.1) is 12.5 Å². The standard InChI is InChI=1S/C19H35NO3.C2H4/c1-3-5-6-7-8-9-10-11-12-13-14-20-16-17(15-18(20)21)19(22)23-4-2;1-2/h17H,3-16H2,1-2H3;1-2H2. The Labute approximate surface area is 155 Å². The van der Waals surface area contributed by atoms with Gasteiger partial charge in [-0.15, -0.1) is 13.2 Å². The van der Waals surface area contributed by atoms with E-state index in [1.165, 1.54) is 57.8 Å². The molecule has 25 heavy (non-hydrogen) atoms. The number of carbonyl (C=O) groups is 2. The molecule has 1 unspecified atom stereocenters. The smallest absolute Gasteiger partial charge is 0.311 e. The molecule has 1 saturated heterocycles. The lowest BCUT2D eigenvalue weighted by Gasteiger charge is -2.16. The molecule has 1 atom stereocenters. The molecule has 0 bridgehead atoms. The van der Waals surface area contributed by atoms with Crippen molar-refractivity contribution < 1.29 is 14.3 Å². The number of hydrogen-bond acceptors (Lipinski definition) is 3. The average Bonchev–Trinajstić information content (AvgIpc) is 2.99. The summed E-state index contributed by atoms with van der Waals surface area (Å²) in [6.45, 7) is 11.8. The Morgan fingerprint density at radius 1 is 1.00 bits per heavy atom. The van der Waals surface area contributed by atoms with Crippen LogP contribution in [-0.2, 0) is 14.3 Å². The quantitative estimate of drug-likeness (QED) is 0.262. The van der Waals surface area contributed by atoms with Crippen molar-refractivity contribution in [1.29, 1.82) is 0 Å². The van der Waals surface area contributed by atoms with Gasteiger partial charge in [-0.05, 0) is 13.3 Å². The maximum Gasteiger partial charge on any atom is 0.311 e. The van der Waals surface area contributed by atoms with Crippen molar-refractivity contribution in [2.45, 2.75) is 84.5 Å². The number of ether oxygens (including phenoxy) is 1. The van der Waals surface area contributed by atoms with E-state index < -0.39 is 0 Å². The summed E-state index contributed by atoms with van der Waals surface area (Å²) in [5.74, 6) is -0.351. The lowest BCUT2D eigenvalue weighted by atomic mass is 10.1. The van der Waals surface area contributed by atoms with Gasteiger partial charge in [-0.2, -0.15) is 0 Å². The number of rotatable bonds is 13. The summed E-state index contributed by atoms with van der Waals surface area (Å²) in [4.78, 5) is 25.4. The number of esters is 1. The predicted octanol–water partition coefficient (Wildman–Crippen LogP) is 5.12. The normalized spacial score (nSPS) is 16.5. The van der Waals surface area contributed by atoms with Gasteiger partial charge < -0.3 is 9.64 Å². The number of unbranched alkanes of at least 4 members (excludes halogenated alkanes) is 9. The third-order valence-corrected chi connectivity index (χ3v) is 4.62. The molecule has 1 rings (SSSR count). The van der Waals surface area contributed by atoms with Gasteiger partial charge in [-0.25, -0.2) is 0 Å². The van der Waals surface area contributed by atoms with Crippen molar-refractivity contribution in [2.24, 2.45) is 5.92 Å². The summed E-state index contributed by atoms with van der Waals surface area (Å²) in [5, 5.41) is 0. The third kappa shape index (κ3) is 11.0. The SMILES string of the molecule is C=C.CCCCCCCCCCCCN1CC(C(=O)OCC)CC1=O. The largest absolute Gasteiger partial charge is 0.466 e. The molecule has 1 fully saturated rings. The van der Waals surface area contributed by atoms with Crippen molar-refractivity contribution in [3.05, 3.63) is 13.2 Å². The zero-order valence-corrected chi connectivity index (χ0v) is 16.6. The van der Waals surface area contributed by atoms with Crippen LogP contribution < -0.4 is 0 Å². The Hall–Kier alpha value is -1.32. The van der Waals surface area contributed by atoms with E-state index in [9.17, 15) is 9.59 Å². The fourth-order valence-electron chi connectivity index (χ4n) is 3.20. The molecule has 0 radical (unpaired) electrons. The Balaban J connectivity index is 0.00000277. The number of nitrogens with zero attached hydrogens (tertiary/aromatic N) is 1. The molecule has 0 aromatic carbocycles. The molecule has 0 aromatic heterocycles. The molecule has 0 aromatic rings. The highest BCUT2D eigenvalue weighted by Gasteiger charge is 2.34. The topological polar surface area (TPSA) is 46.6 Å². The monoisotopic (exact) mass is 353 g/mol. The minimum absolute atomic E-state index is 0.110. The molecule has 0 N–H and O–H groups in total. The van der Waals surface area contributed by atoms with Crippen LogP contribution in [0.25, 0.3) is 0 Å². The molecule has 4 nitrogen and oxygen atoms in total. The van der Waals surface area contributed by atoms with E-state index in [0.717, 1.165) is 13.0 Å². The zero-order chi connectivity index (χ0) is 18.9. The van der Waals surface area contributed by atoms with Crippen molar-refractivity contribution in [1.82, 2.24) is 4.90 Å². The molecule has 0 spiro atoms. The summed E-state index contributed by atoms with van der Waals surface area (Å²) in [5.41, 5.74) is 0. The first kappa shape index (κ1) is 23.7. The average molecular weight is 354 g/mol. The molecule has 1 amide bonds. The minimum atomic E-state index is -0.245. The van der Waals surface area contributed by atoms with Crippen LogP contribution in [0.4, 0.5) is 0 Å². The third-order valence-electron chi connectivity index (χ3n) is 4.62. The van der Waals surface area contributed by atoms with Crippen molar-refractivity contribution in [3.63, 3.8) is 0 Å². The molecular formula is C21H39NO3. The van der Waals surface area contributed by atoms with E-state index in [4.69, 9.17) is 4.74 Å². The lowest BCUT2D eigenvalue weighted by Crippen LogP contribution is -2.27. The Morgan fingerprint density at radius 3 is 2.04 bits per heavy atom. The molecule has 146 valence electrons. The van der Waals surface area contributed by atoms with Gasteiger partial charge in [0.15, 0.2) is 0 Å². The van der Waals surface area contributed by atoms with E-state index in [1.54, 1.807) is 6.92 Å². The summed E-state index contributed by atoms with van der Waals surface area (Å²) in [6, 6.07) is 0. The van der Waals surface area contributed by atoms with E-state index in [2.05, 4.69) is 20.1 Å². The summed E-state index contributed by atoms with van der Waals surface area (Å²) < 4.78 is 5.01. The van der Waals surface area contributed by atoms with Crippen molar-refractivity contribution in [3.8, 4) is 0 Å². The summed E-state index contributed by atoms with van der Waals surface area (Å²) in [7, 11) is 0. The Kier molecular flexibility index (Phi) is 15.3. The highest BCUT2D eigenvalue weighted by molar-refractivity contribution is 5.86. The van der Waals surface area contributed by atoms with Crippen LogP contribution >= 0.6 is 0 Å². The van der Waals surface area contributed by atoms with Gasteiger partial charge in [-0.3, -0.25) is 9.59 Å². The van der Waals surface area contributed by atoms with Gasteiger partial charge in [0.2, 0.25) is 5.91 Å². The van der Waals surface area contributed by atoms with Crippen LogP contribution in [0.5, 0.6) is 0 Å². The molecule has 1 aliphatic heterocycles. The second-order valence-electron chi connectivity index (χ2n) is 6.67.